The summed E-state index contributed by atoms with van der Waals surface area (Å²) in [5.41, 5.74) is 0. The topological polar surface area (TPSA) is 26.3 Å². The minimum atomic E-state index is -1.68. The highest BCUT2D eigenvalue weighted by atomic mass is 28.4. The molecule has 0 unspecified atom stereocenters. The summed E-state index contributed by atoms with van der Waals surface area (Å²) in [6.07, 6.45) is 4.92. The first kappa shape index (κ1) is 16.6. The van der Waals surface area contributed by atoms with Gasteiger partial charge in [-0.05, 0) is 31.0 Å². The second-order valence-electron chi connectivity index (χ2n) is 6.08. The molecule has 0 aliphatic carbocycles. The van der Waals surface area contributed by atoms with E-state index in [-0.39, 0.29) is 5.04 Å². The van der Waals surface area contributed by atoms with Gasteiger partial charge in [0.05, 0.1) is 0 Å². The number of rotatable bonds is 8. The first-order chi connectivity index (χ1) is 7.70. The third-order valence-electron chi connectivity index (χ3n) is 3.51. The predicted octanol–water partition coefficient (Wildman–Crippen LogP) is 4.32. The fourth-order valence-electron chi connectivity index (χ4n) is 1.21. The molecule has 100 valence electrons. The molecule has 0 bridgehead atoms. The summed E-state index contributed by atoms with van der Waals surface area (Å²) < 4.78 is 5.97. The predicted molar refractivity (Wildman–Crippen MR) is 76.8 cm³/mol. The van der Waals surface area contributed by atoms with Crippen LogP contribution < -0.4 is 0 Å². The van der Waals surface area contributed by atoms with Crippen LogP contribution in [0.2, 0.25) is 18.1 Å². The fraction of sp³-hybridized carbons (Fsp3) is 0.786. The molecule has 0 fully saturated rings. The summed E-state index contributed by atoms with van der Waals surface area (Å²) in [5.74, 6) is 0.311. The van der Waals surface area contributed by atoms with E-state index in [0.717, 1.165) is 12.8 Å². The molecule has 0 radical (unpaired) electrons. The first-order valence-electron chi connectivity index (χ1n) is 6.47. The van der Waals surface area contributed by atoms with Gasteiger partial charge in [-0.15, -0.1) is 6.58 Å². The molecule has 0 spiro atoms. The lowest BCUT2D eigenvalue weighted by atomic mass is 10.1. The molecule has 0 heterocycles. The van der Waals surface area contributed by atoms with Gasteiger partial charge in [0.25, 0.3) is 0 Å². The lowest BCUT2D eigenvalue weighted by molar-refractivity contribution is -0.119. The zero-order valence-corrected chi connectivity index (χ0v) is 13.1. The van der Waals surface area contributed by atoms with Crippen molar-refractivity contribution in [3.63, 3.8) is 0 Å². The van der Waals surface area contributed by atoms with E-state index in [1.807, 2.05) is 6.08 Å². The van der Waals surface area contributed by atoms with Crippen molar-refractivity contribution in [1.82, 2.24) is 0 Å². The number of hydrogen-bond donors (Lipinski definition) is 0. The van der Waals surface area contributed by atoms with E-state index < -0.39 is 8.32 Å². The lowest BCUT2D eigenvalue weighted by Gasteiger charge is -2.36. The second-order valence-corrected chi connectivity index (χ2v) is 10.9. The van der Waals surface area contributed by atoms with Gasteiger partial charge in [-0.1, -0.05) is 26.8 Å². The van der Waals surface area contributed by atoms with Gasteiger partial charge >= 0.3 is 0 Å². The molecular formula is C14H28O2Si. The van der Waals surface area contributed by atoms with E-state index >= 15 is 0 Å². The largest absolute Gasteiger partial charge is 0.416 e. The van der Waals surface area contributed by atoms with Crippen LogP contribution in [0.25, 0.3) is 0 Å². The number of allylic oxidation sites excluding steroid dienone is 1. The highest BCUT2D eigenvalue weighted by Crippen LogP contribution is 2.36. The summed E-state index contributed by atoms with van der Waals surface area (Å²) in [5, 5.41) is 0.221. The van der Waals surface area contributed by atoms with Crippen molar-refractivity contribution in [2.24, 2.45) is 0 Å². The molecule has 0 N–H and O–H groups in total. The maximum Gasteiger partial charge on any atom is 0.191 e. The number of hydrogen-bond acceptors (Lipinski definition) is 2. The fourth-order valence-corrected chi connectivity index (χ4v) is 2.25. The number of carbonyl (C=O) groups excluding carboxylic acids is 1. The van der Waals surface area contributed by atoms with Crippen LogP contribution in [-0.4, -0.2) is 20.7 Å². The van der Waals surface area contributed by atoms with Gasteiger partial charge in [0.2, 0.25) is 0 Å². The Labute approximate surface area is 108 Å². The van der Waals surface area contributed by atoms with Crippen LogP contribution >= 0.6 is 0 Å². The molecule has 2 nitrogen and oxygen atoms in total. The third kappa shape index (κ3) is 6.79. The molecule has 0 aromatic rings. The first-order valence-corrected chi connectivity index (χ1v) is 9.38. The summed E-state index contributed by atoms with van der Waals surface area (Å²) in [6.45, 7) is 15.3. The molecule has 0 saturated heterocycles. The van der Waals surface area contributed by atoms with Crippen molar-refractivity contribution in [2.75, 3.05) is 6.61 Å². The Morgan fingerprint density at radius 3 is 2.35 bits per heavy atom. The van der Waals surface area contributed by atoms with E-state index in [2.05, 4.69) is 40.4 Å². The molecule has 0 atom stereocenters. The van der Waals surface area contributed by atoms with Gasteiger partial charge in [0, 0.05) is 19.4 Å². The Morgan fingerprint density at radius 2 is 1.88 bits per heavy atom. The monoisotopic (exact) mass is 256 g/mol. The molecule has 0 aromatic carbocycles. The van der Waals surface area contributed by atoms with E-state index in [4.69, 9.17) is 4.43 Å². The zero-order chi connectivity index (χ0) is 13.5. The van der Waals surface area contributed by atoms with Crippen molar-refractivity contribution in [3.05, 3.63) is 12.7 Å². The van der Waals surface area contributed by atoms with Crippen LogP contribution in [0.5, 0.6) is 0 Å². The van der Waals surface area contributed by atoms with Crippen LogP contribution in [0.15, 0.2) is 12.7 Å². The molecule has 0 saturated carbocycles. The highest BCUT2D eigenvalue weighted by molar-refractivity contribution is 6.74. The molecule has 17 heavy (non-hydrogen) atoms. The summed E-state index contributed by atoms with van der Waals surface area (Å²) in [6, 6.07) is 0. The average Bonchev–Trinajstić information content (AvgIpc) is 2.16. The molecule has 0 rings (SSSR count). The lowest BCUT2D eigenvalue weighted by Crippen LogP contribution is -2.41. The Hall–Kier alpha value is -0.413. The average molecular weight is 256 g/mol. The van der Waals surface area contributed by atoms with Crippen molar-refractivity contribution in [3.8, 4) is 0 Å². The van der Waals surface area contributed by atoms with E-state index in [1.165, 1.54) is 0 Å². The Bertz CT molecular complexity index is 251. The van der Waals surface area contributed by atoms with E-state index in [9.17, 15) is 4.79 Å². The Balaban J connectivity index is 3.84. The van der Waals surface area contributed by atoms with Gasteiger partial charge in [-0.3, -0.25) is 4.79 Å². The molecule has 0 aliphatic heterocycles. The number of carbonyl (C=O) groups is 1. The van der Waals surface area contributed by atoms with Crippen LogP contribution in [0.3, 0.4) is 0 Å². The van der Waals surface area contributed by atoms with Crippen LogP contribution in [0.4, 0.5) is 0 Å². The zero-order valence-electron chi connectivity index (χ0n) is 12.1. The van der Waals surface area contributed by atoms with E-state index in [1.54, 1.807) is 0 Å². The minimum absolute atomic E-state index is 0.221. The normalized spacial score (nSPS) is 12.5. The van der Waals surface area contributed by atoms with Crippen LogP contribution in [0, 0.1) is 0 Å². The SMILES string of the molecule is C=CCCCC(=O)CCO[Si](C)(C)C(C)(C)C. The molecule has 3 heteroatoms. The van der Waals surface area contributed by atoms with Gasteiger partial charge in [0.1, 0.15) is 5.78 Å². The number of unbranched alkanes of at least 4 members (excludes halogenated alkanes) is 1. The smallest absolute Gasteiger partial charge is 0.191 e. The molecule has 0 aliphatic rings. The van der Waals surface area contributed by atoms with E-state index in [0.29, 0.717) is 25.2 Å². The van der Waals surface area contributed by atoms with Crippen molar-refractivity contribution in [1.29, 1.82) is 0 Å². The standard InChI is InChI=1S/C14H28O2Si/c1-7-8-9-10-13(15)11-12-16-17(5,6)14(2,3)4/h7H,1,8-12H2,2-6H3. The third-order valence-corrected chi connectivity index (χ3v) is 8.05. The Kier molecular flexibility index (Phi) is 6.94. The van der Waals surface area contributed by atoms with Gasteiger partial charge in [-0.25, -0.2) is 0 Å². The molecular weight excluding hydrogens is 228 g/mol. The Morgan fingerprint density at radius 1 is 1.29 bits per heavy atom. The molecule has 0 amide bonds. The quantitative estimate of drug-likeness (QED) is 0.367. The number of Topliss-reactive ketones (excluding diaryl/α,β-unsaturated/α-hetero) is 1. The molecule has 0 aromatic heterocycles. The van der Waals surface area contributed by atoms with Crippen LogP contribution in [0.1, 0.15) is 46.5 Å². The summed E-state index contributed by atoms with van der Waals surface area (Å²) in [4.78, 5) is 11.6. The minimum Gasteiger partial charge on any atom is -0.416 e. The summed E-state index contributed by atoms with van der Waals surface area (Å²) >= 11 is 0. The number of ketones is 1. The maximum absolute atomic E-state index is 11.6. The van der Waals surface area contributed by atoms with Crippen LogP contribution in [-0.2, 0) is 9.22 Å². The van der Waals surface area contributed by atoms with Crippen molar-refractivity contribution < 1.29 is 9.22 Å². The second kappa shape index (κ2) is 7.12. The van der Waals surface area contributed by atoms with Gasteiger partial charge < -0.3 is 4.43 Å². The maximum atomic E-state index is 11.6. The van der Waals surface area contributed by atoms with Gasteiger partial charge in [0.15, 0.2) is 8.32 Å². The van der Waals surface area contributed by atoms with Crippen molar-refractivity contribution >= 4 is 14.1 Å². The van der Waals surface area contributed by atoms with Gasteiger partial charge in [-0.2, -0.15) is 0 Å². The highest BCUT2D eigenvalue weighted by Gasteiger charge is 2.36. The van der Waals surface area contributed by atoms with Crippen molar-refractivity contribution in [2.45, 2.75) is 64.6 Å². The summed E-state index contributed by atoms with van der Waals surface area (Å²) in [7, 11) is -1.68.